The third kappa shape index (κ3) is 4.58. The molecule has 7 nitrogen and oxygen atoms in total. The molecule has 0 saturated heterocycles. The van der Waals surface area contributed by atoms with Crippen molar-refractivity contribution < 1.29 is 23.1 Å². The summed E-state index contributed by atoms with van der Waals surface area (Å²) < 4.78 is 23.7. The molecule has 1 aliphatic rings. The van der Waals surface area contributed by atoms with Gasteiger partial charge in [-0.25, -0.2) is 14.0 Å². The lowest BCUT2D eigenvalue weighted by Gasteiger charge is -2.30. The van der Waals surface area contributed by atoms with E-state index in [1.54, 1.807) is 31.2 Å². The Labute approximate surface area is 162 Å². The molecule has 1 aromatic heterocycles. The van der Waals surface area contributed by atoms with Crippen LogP contribution in [0.5, 0.6) is 0 Å². The SMILES string of the molecule is CCOC(=O)C1=C(CN(C)Cc2ccc(F)cc2)NC(=O)N[C@@H]1c1ccco1. The maximum atomic E-state index is 13.1. The summed E-state index contributed by atoms with van der Waals surface area (Å²) in [6.07, 6.45) is 1.48. The van der Waals surface area contributed by atoms with Gasteiger partial charge in [0.25, 0.3) is 0 Å². The Bertz CT molecular complexity index is 862. The molecule has 1 aromatic carbocycles. The number of carbonyl (C=O) groups is 2. The number of benzene rings is 1. The average Bonchev–Trinajstić information content (AvgIpc) is 3.18. The molecule has 2 N–H and O–H groups in total. The number of urea groups is 1. The zero-order chi connectivity index (χ0) is 20.1. The first-order valence-electron chi connectivity index (χ1n) is 8.92. The van der Waals surface area contributed by atoms with E-state index in [-0.39, 0.29) is 19.0 Å². The number of carbonyl (C=O) groups excluding carboxylic acids is 2. The van der Waals surface area contributed by atoms with Crippen LogP contribution in [0.3, 0.4) is 0 Å². The normalized spacial score (nSPS) is 16.7. The maximum absolute atomic E-state index is 13.1. The van der Waals surface area contributed by atoms with Crippen molar-refractivity contribution in [1.82, 2.24) is 15.5 Å². The van der Waals surface area contributed by atoms with Crippen molar-refractivity contribution in [1.29, 1.82) is 0 Å². The second-order valence-corrected chi connectivity index (χ2v) is 6.46. The van der Waals surface area contributed by atoms with E-state index in [1.807, 2.05) is 11.9 Å². The van der Waals surface area contributed by atoms with Crippen LogP contribution in [-0.2, 0) is 16.1 Å². The molecule has 8 heteroatoms. The van der Waals surface area contributed by atoms with Crippen LogP contribution in [0.4, 0.5) is 9.18 Å². The Hall–Kier alpha value is -3.13. The standard InChI is InChI=1S/C20H22FN3O4/c1-3-27-19(25)17-15(12-24(2)11-13-6-8-14(21)9-7-13)22-20(26)23-18(17)16-5-4-10-28-16/h4-10,18H,3,11-12H2,1-2H3,(H2,22,23,26)/t18-/m1/s1. The minimum absolute atomic E-state index is 0.208. The predicted octanol–water partition coefficient (Wildman–Crippen LogP) is 2.72. The van der Waals surface area contributed by atoms with Crippen molar-refractivity contribution in [3.63, 3.8) is 0 Å². The molecule has 0 radical (unpaired) electrons. The fraction of sp³-hybridized carbons (Fsp3) is 0.300. The van der Waals surface area contributed by atoms with Gasteiger partial charge in [0.2, 0.25) is 0 Å². The van der Waals surface area contributed by atoms with Crippen molar-refractivity contribution in [2.75, 3.05) is 20.2 Å². The minimum Gasteiger partial charge on any atom is -0.467 e. The molecule has 0 spiro atoms. The summed E-state index contributed by atoms with van der Waals surface area (Å²) in [6.45, 7) is 2.72. The van der Waals surface area contributed by atoms with Crippen LogP contribution in [0.2, 0.25) is 0 Å². The lowest BCUT2D eigenvalue weighted by atomic mass is 10.00. The van der Waals surface area contributed by atoms with Crippen LogP contribution < -0.4 is 10.6 Å². The summed E-state index contributed by atoms with van der Waals surface area (Å²) in [5.41, 5.74) is 1.64. The van der Waals surface area contributed by atoms with Crippen LogP contribution in [0.15, 0.2) is 58.3 Å². The Kier molecular flexibility index (Phi) is 6.10. The van der Waals surface area contributed by atoms with Gasteiger partial charge in [-0.15, -0.1) is 0 Å². The number of esters is 1. The summed E-state index contributed by atoms with van der Waals surface area (Å²) in [6, 6.07) is 8.38. The van der Waals surface area contributed by atoms with E-state index in [0.717, 1.165) is 5.56 Å². The molecule has 2 heterocycles. The minimum atomic E-state index is -0.739. The molecule has 28 heavy (non-hydrogen) atoms. The number of nitrogens with one attached hydrogen (secondary N) is 2. The Morgan fingerprint density at radius 3 is 2.64 bits per heavy atom. The number of ether oxygens (including phenoxy) is 1. The summed E-state index contributed by atoms with van der Waals surface area (Å²) in [5.74, 6) is -0.385. The largest absolute Gasteiger partial charge is 0.467 e. The van der Waals surface area contributed by atoms with Gasteiger partial charge in [-0.1, -0.05) is 12.1 Å². The lowest BCUT2D eigenvalue weighted by molar-refractivity contribution is -0.139. The Morgan fingerprint density at radius 1 is 1.25 bits per heavy atom. The topological polar surface area (TPSA) is 83.8 Å². The van der Waals surface area contributed by atoms with Gasteiger partial charge in [-0.05, 0) is 43.8 Å². The number of hydrogen-bond donors (Lipinski definition) is 2. The molecule has 0 fully saturated rings. The van der Waals surface area contributed by atoms with Gasteiger partial charge in [0.15, 0.2) is 0 Å². The van der Waals surface area contributed by atoms with Gasteiger partial charge in [-0.3, -0.25) is 4.90 Å². The smallest absolute Gasteiger partial charge is 0.338 e. The molecule has 0 aliphatic carbocycles. The highest BCUT2D eigenvalue weighted by Gasteiger charge is 2.35. The van der Waals surface area contributed by atoms with Crippen LogP contribution in [0, 0.1) is 5.82 Å². The Balaban J connectivity index is 1.87. The van der Waals surface area contributed by atoms with Gasteiger partial charge in [-0.2, -0.15) is 0 Å². The van der Waals surface area contributed by atoms with E-state index >= 15 is 0 Å². The zero-order valence-corrected chi connectivity index (χ0v) is 15.7. The number of furan rings is 1. The second kappa shape index (κ2) is 8.71. The van der Waals surface area contributed by atoms with Crippen molar-refractivity contribution >= 4 is 12.0 Å². The fourth-order valence-corrected chi connectivity index (χ4v) is 3.09. The van der Waals surface area contributed by atoms with Gasteiger partial charge in [0.05, 0.1) is 18.4 Å². The molecular formula is C20H22FN3O4. The van der Waals surface area contributed by atoms with Gasteiger partial charge >= 0.3 is 12.0 Å². The van der Waals surface area contributed by atoms with Gasteiger partial charge in [0.1, 0.15) is 17.6 Å². The lowest BCUT2D eigenvalue weighted by Crippen LogP contribution is -2.48. The number of hydrogen-bond acceptors (Lipinski definition) is 5. The zero-order valence-electron chi connectivity index (χ0n) is 15.7. The fourth-order valence-electron chi connectivity index (χ4n) is 3.09. The number of halogens is 1. The van der Waals surface area contributed by atoms with Crippen molar-refractivity contribution in [2.24, 2.45) is 0 Å². The van der Waals surface area contributed by atoms with Crippen molar-refractivity contribution in [3.05, 3.63) is 71.1 Å². The summed E-state index contributed by atoms with van der Waals surface area (Å²) in [5, 5.41) is 5.41. The molecule has 2 aromatic rings. The van der Waals surface area contributed by atoms with E-state index in [1.165, 1.54) is 18.4 Å². The van der Waals surface area contributed by atoms with E-state index in [4.69, 9.17) is 9.15 Å². The molecule has 3 rings (SSSR count). The molecule has 148 valence electrons. The highest BCUT2D eigenvalue weighted by Crippen LogP contribution is 2.28. The Morgan fingerprint density at radius 2 is 2.00 bits per heavy atom. The average molecular weight is 387 g/mol. The number of nitrogens with zero attached hydrogens (tertiary/aromatic N) is 1. The third-order valence-corrected chi connectivity index (χ3v) is 4.27. The van der Waals surface area contributed by atoms with E-state index in [0.29, 0.717) is 23.6 Å². The monoisotopic (exact) mass is 387 g/mol. The molecule has 1 aliphatic heterocycles. The van der Waals surface area contributed by atoms with Crippen LogP contribution in [-0.4, -0.2) is 37.1 Å². The molecule has 2 amide bonds. The van der Waals surface area contributed by atoms with Crippen molar-refractivity contribution in [2.45, 2.75) is 19.5 Å². The van der Waals surface area contributed by atoms with Gasteiger partial charge in [0, 0.05) is 18.8 Å². The number of likely N-dealkylation sites (N-methyl/N-ethyl adjacent to an activating group) is 1. The highest BCUT2D eigenvalue weighted by molar-refractivity contribution is 5.95. The van der Waals surface area contributed by atoms with E-state index in [2.05, 4.69) is 10.6 Å². The van der Waals surface area contributed by atoms with Gasteiger partial charge < -0.3 is 19.8 Å². The third-order valence-electron chi connectivity index (χ3n) is 4.27. The molecule has 0 bridgehead atoms. The second-order valence-electron chi connectivity index (χ2n) is 6.46. The summed E-state index contributed by atoms with van der Waals surface area (Å²) in [7, 11) is 1.84. The number of rotatable bonds is 7. The summed E-state index contributed by atoms with van der Waals surface area (Å²) >= 11 is 0. The van der Waals surface area contributed by atoms with Crippen LogP contribution in [0.1, 0.15) is 24.3 Å². The van der Waals surface area contributed by atoms with E-state index < -0.39 is 18.0 Å². The molecule has 0 unspecified atom stereocenters. The van der Waals surface area contributed by atoms with E-state index in [9.17, 15) is 14.0 Å². The molecular weight excluding hydrogens is 365 g/mol. The molecule has 0 saturated carbocycles. The quantitative estimate of drug-likeness (QED) is 0.714. The first kappa shape index (κ1) is 19.6. The van der Waals surface area contributed by atoms with Crippen LogP contribution in [0.25, 0.3) is 0 Å². The molecule has 1 atom stereocenters. The summed E-state index contributed by atoms with van der Waals surface area (Å²) in [4.78, 5) is 26.7. The first-order valence-corrected chi connectivity index (χ1v) is 8.92. The first-order chi connectivity index (χ1) is 13.5. The highest BCUT2D eigenvalue weighted by atomic mass is 19.1. The maximum Gasteiger partial charge on any atom is 0.338 e. The number of amides is 2. The predicted molar refractivity (Wildman–Crippen MR) is 99.5 cm³/mol. The van der Waals surface area contributed by atoms with Crippen molar-refractivity contribution in [3.8, 4) is 0 Å². The van der Waals surface area contributed by atoms with Crippen LogP contribution >= 0.6 is 0 Å².